The second kappa shape index (κ2) is 6.94. The summed E-state index contributed by atoms with van der Waals surface area (Å²) in [7, 11) is 0. The van der Waals surface area contributed by atoms with Crippen LogP contribution < -0.4 is 0 Å². The fourth-order valence-electron chi connectivity index (χ4n) is 5.27. The molecule has 0 nitrogen and oxygen atoms in total. The van der Waals surface area contributed by atoms with E-state index < -0.39 is 11.6 Å². The van der Waals surface area contributed by atoms with Crippen molar-refractivity contribution in [1.29, 1.82) is 0 Å². The van der Waals surface area contributed by atoms with Crippen LogP contribution in [0.2, 0.25) is 0 Å². The molecular formula is C23H23F3. The van der Waals surface area contributed by atoms with Crippen molar-refractivity contribution in [2.24, 2.45) is 11.8 Å². The van der Waals surface area contributed by atoms with E-state index in [0.717, 1.165) is 36.5 Å². The zero-order valence-corrected chi connectivity index (χ0v) is 14.9. The van der Waals surface area contributed by atoms with Crippen LogP contribution in [0.15, 0.2) is 48.6 Å². The Morgan fingerprint density at radius 2 is 1.69 bits per heavy atom. The van der Waals surface area contributed by atoms with Gasteiger partial charge in [-0.25, -0.2) is 13.2 Å². The summed E-state index contributed by atoms with van der Waals surface area (Å²) >= 11 is 0. The topological polar surface area (TPSA) is 0 Å². The molecule has 136 valence electrons. The van der Waals surface area contributed by atoms with E-state index in [1.54, 1.807) is 0 Å². The Kier molecular flexibility index (Phi) is 4.64. The molecule has 4 atom stereocenters. The van der Waals surface area contributed by atoms with Gasteiger partial charge < -0.3 is 0 Å². The highest BCUT2D eigenvalue weighted by atomic mass is 19.1. The number of rotatable bonds is 2. The summed E-state index contributed by atoms with van der Waals surface area (Å²) < 4.78 is 41.6. The molecule has 1 saturated carbocycles. The van der Waals surface area contributed by atoms with Gasteiger partial charge in [0.05, 0.1) is 0 Å². The molecule has 3 heteroatoms. The molecule has 0 aliphatic heterocycles. The minimum atomic E-state index is -0.490. The number of hydrogen-bond donors (Lipinski definition) is 0. The maximum absolute atomic E-state index is 14.3. The Labute approximate surface area is 152 Å². The van der Waals surface area contributed by atoms with Gasteiger partial charge >= 0.3 is 0 Å². The molecule has 0 N–H and O–H groups in total. The molecule has 2 aromatic carbocycles. The van der Waals surface area contributed by atoms with E-state index in [4.69, 9.17) is 0 Å². The average molecular weight is 356 g/mol. The Morgan fingerprint density at radius 3 is 2.42 bits per heavy atom. The van der Waals surface area contributed by atoms with Crippen LogP contribution in [0, 0.1) is 29.3 Å². The SMILES string of the molecule is CC=C[C@@H]1CC[C@H]2c3cc(F)cc(F)c3CC[C@@H]2[C@H]1c1ccc(F)cc1. The second-order valence-electron chi connectivity index (χ2n) is 7.61. The van der Waals surface area contributed by atoms with E-state index in [9.17, 15) is 13.2 Å². The number of hydrogen-bond acceptors (Lipinski definition) is 0. The van der Waals surface area contributed by atoms with Gasteiger partial charge in [-0.1, -0.05) is 24.3 Å². The monoisotopic (exact) mass is 356 g/mol. The van der Waals surface area contributed by atoms with Crippen molar-refractivity contribution in [2.45, 2.75) is 44.4 Å². The molecular weight excluding hydrogens is 333 g/mol. The lowest BCUT2D eigenvalue weighted by Crippen LogP contribution is -2.35. The Morgan fingerprint density at radius 1 is 0.923 bits per heavy atom. The van der Waals surface area contributed by atoms with Crippen LogP contribution in [0.5, 0.6) is 0 Å². The molecule has 2 aliphatic rings. The highest BCUT2D eigenvalue weighted by Crippen LogP contribution is 2.54. The van der Waals surface area contributed by atoms with Gasteiger partial charge in [0, 0.05) is 6.07 Å². The molecule has 0 radical (unpaired) electrons. The predicted octanol–water partition coefficient (Wildman–Crippen LogP) is 6.52. The summed E-state index contributed by atoms with van der Waals surface area (Å²) in [6.45, 7) is 2.02. The van der Waals surface area contributed by atoms with E-state index in [1.165, 1.54) is 18.2 Å². The van der Waals surface area contributed by atoms with Gasteiger partial charge in [-0.15, -0.1) is 0 Å². The number of benzene rings is 2. The normalized spacial score (nSPS) is 28.0. The lowest BCUT2D eigenvalue weighted by molar-refractivity contribution is 0.194. The van der Waals surface area contributed by atoms with Crippen LogP contribution >= 0.6 is 0 Å². The van der Waals surface area contributed by atoms with Gasteiger partial charge in [-0.05, 0) is 91.2 Å². The highest BCUT2D eigenvalue weighted by molar-refractivity contribution is 5.38. The maximum atomic E-state index is 14.3. The summed E-state index contributed by atoms with van der Waals surface area (Å²) in [6.07, 6.45) is 7.76. The van der Waals surface area contributed by atoms with E-state index in [-0.39, 0.29) is 17.7 Å². The Hall–Kier alpha value is -2.03. The summed E-state index contributed by atoms with van der Waals surface area (Å²) in [4.78, 5) is 0. The minimum absolute atomic E-state index is 0.167. The summed E-state index contributed by atoms with van der Waals surface area (Å²) in [5, 5.41) is 0. The largest absolute Gasteiger partial charge is 0.207 e. The first-order chi connectivity index (χ1) is 12.6. The van der Waals surface area contributed by atoms with Crippen molar-refractivity contribution in [3.05, 3.63) is 82.7 Å². The fraction of sp³-hybridized carbons (Fsp3) is 0.391. The highest BCUT2D eigenvalue weighted by Gasteiger charge is 2.42. The smallest absolute Gasteiger partial charge is 0.129 e. The van der Waals surface area contributed by atoms with Crippen LogP contribution in [0.3, 0.4) is 0 Å². The van der Waals surface area contributed by atoms with E-state index in [1.807, 2.05) is 19.1 Å². The van der Waals surface area contributed by atoms with Crippen molar-refractivity contribution < 1.29 is 13.2 Å². The zero-order chi connectivity index (χ0) is 18.3. The number of fused-ring (bicyclic) bond motifs is 3. The van der Waals surface area contributed by atoms with Crippen LogP contribution in [0.25, 0.3) is 0 Å². The first-order valence-electron chi connectivity index (χ1n) is 9.44. The van der Waals surface area contributed by atoms with Crippen LogP contribution in [-0.4, -0.2) is 0 Å². The lowest BCUT2D eigenvalue weighted by atomic mass is 9.58. The summed E-state index contributed by atoms with van der Waals surface area (Å²) in [5.41, 5.74) is 2.67. The van der Waals surface area contributed by atoms with Gasteiger partial charge in [-0.3, -0.25) is 0 Å². The molecule has 0 unspecified atom stereocenters. The zero-order valence-electron chi connectivity index (χ0n) is 14.9. The first kappa shape index (κ1) is 17.4. The number of halogens is 3. The summed E-state index contributed by atoms with van der Waals surface area (Å²) in [6, 6.07) is 9.32. The molecule has 0 saturated heterocycles. The fourth-order valence-corrected chi connectivity index (χ4v) is 5.27. The molecule has 0 bridgehead atoms. The quantitative estimate of drug-likeness (QED) is 0.537. The Balaban J connectivity index is 1.77. The first-order valence-corrected chi connectivity index (χ1v) is 9.44. The summed E-state index contributed by atoms with van der Waals surface area (Å²) in [5.74, 6) is -0.00805. The third-order valence-electron chi connectivity index (χ3n) is 6.27. The van der Waals surface area contributed by atoms with Gasteiger partial charge in [0.2, 0.25) is 0 Å². The van der Waals surface area contributed by atoms with Crippen LogP contribution in [-0.2, 0) is 6.42 Å². The molecule has 2 aromatic rings. The van der Waals surface area contributed by atoms with Gasteiger partial charge in [0.15, 0.2) is 0 Å². The van der Waals surface area contributed by atoms with Crippen molar-refractivity contribution in [2.75, 3.05) is 0 Å². The third kappa shape index (κ3) is 2.98. The molecule has 0 amide bonds. The standard InChI is InChI=1S/C23H23F3/c1-2-3-14-6-9-18-20(23(14)15-4-7-16(24)8-5-15)11-10-19-21(18)12-17(25)13-22(19)26/h2-5,7-8,12-14,18,20,23H,6,9-11H2,1H3/t14-,18-,20+,23-/m1/s1. The maximum Gasteiger partial charge on any atom is 0.129 e. The average Bonchev–Trinajstić information content (AvgIpc) is 2.62. The number of allylic oxidation sites excluding steroid dienone is 2. The van der Waals surface area contributed by atoms with E-state index >= 15 is 0 Å². The van der Waals surface area contributed by atoms with Crippen molar-refractivity contribution >= 4 is 0 Å². The predicted molar refractivity (Wildman–Crippen MR) is 97.6 cm³/mol. The van der Waals surface area contributed by atoms with E-state index in [0.29, 0.717) is 23.8 Å². The Bertz CT molecular complexity index is 822. The molecule has 1 fully saturated rings. The molecule has 0 aromatic heterocycles. The molecule has 2 aliphatic carbocycles. The van der Waals surface area contributed by atoms with Gasteiger partial charge in [0.1, 0.15) is 17.5 Å². The van der Waals surface area contributed by atoms with Crippen LogP contribution in [0.4, 0.5) is 13.2 Å². The third-order valence-corrected chi connectivity index (χ3v) is 6.27. The molecule has 26 heavy (non-hydrogen) atoms. The van der Waals surface area contributed by atoms with Crippen molar-refractivity contribution in [3.8, 4) is 0 Å². The van der Waals surface area contributed by atoms with Crippen molar-refractivity contribution in [1.82, 2.24) is 0 Å². The molecule has 0 heterocycles. The van der Waals surface area contributed by atoms with Gasteiger partial charge in [-0.2, -0.15) is 0 Å². The molecule has 4 rings (SSSR count). The van der Waals surface area contributed by atoms with Crippen LogP contribution in [0.1, 0.15) is 54.7 Å². The second-order valence-corrected chi connectivity index (χ2v) is 7.61. The van der Waals surface area contributed by atoms with E-state index in [2.05, 4.69) is 12.2 Å². The van der Waals surface area contributed by atoms with Gasteiger partial charge in [0.25, 0.3) is 0 Å². The van der Waals surface area contributed by atoms with Crippen molar-refractivity contribution in [3.63, 3.8) is 0 Å². The lowest BCUT2D eigenvalue weighted by Gasteiger charge is -2.46. The minimum Gasteiger partial charge on any atom is -0.207 e. The molecule has 0 spiro atoms.